The zero-order valence-electron chi connectivity index (χ0n) is 9.29. The largest absolute Gasteiger partial charge is 0.327 e. The van der Waals surface area contributed by atoms with Crippen LogP contribution >= 0.6 is 23.4 Å². The van der Waals surface area contributed by atoms with Gasteiger partial charge in [0.25, 0.3) is 0 Å². The van der Waals surface area contributed by atoms with E-state index in [1.807, 2.05) is 6.07 Å². The van der Waals surface area contributed by atoms with Crippen molar-refractivity contribution in [3.63, 3.8) is 0 Å². The van der Waals surface area contributed by atoms with Crippen LogP contribution in [-0.2, 0) is 6.42 Å². The van der Waals surface area contributed by atoms with Gasteiger partial charge in [-0.25, -0.2) is 0 Å². The first-order valence-corrected chi connectivity index (χ1v) is 6.70. The van der Waals surface area contributed by atoms with E-state index >= 15 is 0 Å². The van der Waals surface area contributed by atoms with Crippen molar-refractivity contribution >= 4 is 23.4 Å². The normalized spacial score (nSPS) is 12.8. The molecule has 84 valence electrons. The third kappa shape index (κ3) is 4.06. The molecule has 2 N–H and O–H groups in total. The van der Waals surface area contributed by atoms with Crippen LogP contribution in [0.4, 0.5) is 0 Å². The van der Waals surface area contributed by atoms with Gasteiger partial charge in [-0.05, 0) is 36.3 Å². The van der Waals surface area contributed by atoms with Crippen molar-refractivity contribution in [1.29, 1.82) is 0 Å². The summed E-state index contributed by atoms with van der Waals surface area (Å²) >= 11 is 7.95. The maximum atomic E-state index is 6.17. The van der Waals surface area contributed by atoms with Crippen LogP contribution in [0.5, 0.6) is 0 Å². The summed E-state index contributed by atoms with van der Waals surface area (Å²) in [4.78, 5) is 1.16. The molecule has 0 fully saturated rings. The average molecular weight is 244 g/mol. The molecule has 0 spiro atoms. The zero-order chi connectivity index (χ0) is 11.3. The predicted molar refractivity (Wildman–Crippen MR) is 69.8 cm³/mol. The first kappa shape index (κ1) is 12.9. The number of hydrogen-bond donors (Lipinski definition) is 1. The van der Waals surface area contributed by atoms with Crippen molar-refractivity contribution < 1.29 is 0 Å². The van der Waals surface area contributed by atoms with Crippen molar-refractivity contribution in [2.24, 2.45) is 5.73 Å². The summed E-state index contributed by atoms with van der Waals surface area (Å²) in [5.41, 5.74) is 7.13. The zero-order valence-corrected chi connectivity index (χ0v) is 10.9. The van der Waals surface area contributed by atoms with Crippen molar-refractivity contribution in [3.8, 4) is 0 Å². The molecule has 0 amide bonds. The Morgan fingerprint density at radius 1 is 1.40 bits per heavy atom. The molecular formula is C12H18ClNS. The summed E-state index contributed by atoms with van der Waals surface area (Å²) in [7, 11) is 0. The van der Waals surface area contributed by atoms with Crippen LogP contribution < -0.4 is 5.73 Å². The van der Waals surface area contributed by atoms with E-state index in [2.05, 4.69) is 26.0 Å². The molecule has 15 heavy (non-hydrogen) atoms. The number of nitrogens with two attached hydrogens (primary N) is 1. The van der Waals surface area contributed by atoms with Crippen LogP contribution in [0.1, 0.15) is 25.8 Å². The molecule has 1 aromatic carbocycles. The molecule has 3 heteroatoms. The standard InChI is InChI=1S/C12H18ClNS/c1-3-10(14)7-9-5-6-12(15-4-2)11(13)8-9/h5-6,8,10H,3-4,7,14H2,1-2H3. The second-order valence-electron chi connectivity index (χ2n) is 3.57. The Balaban J connectivity index is 2.73. The van der Waals surface area contributed by atoms with E-state index in [-0.39, 0.29) is 6.04 Å². The number of hydrogen-bond acceptors (Lipinski definition) is 2. The summed E-state index contributed by atoms with van der Waals surface area (Å²) in [5.74, 6) is 1.05. The van der Waals surface area contributed by atoms with Crippen molar-refractivity contribution in [2.75, 3.05) is 5.75 Å². The second-order valence-corrected chi connectivity index (χ2v) is 5.28. The SMILES string of the molecule is CCSc1ccc(CC(N)CC)cc1Cl. The van der Waals surface area contributed by atoms with E-state index in [4.69, 9.17) is 17.3 Å². The Bertz CT molecular complexity index is 314. The van der Waals surface area contributed by atoms with E-state index in [0.29, 0.717) is 0 Å². The van der Waals surface area contributed by atoms with E-state index in [9.17, 15) is 0 Å². The fraction of sp³-hybridized carbons (Fsp3) is 0.500. The van der Waals surface area contributed by atoms with Gasteiger partial charge in [0.15, 0.2) is 0 Å². The molecule has 0 heterocycles. The highest BCUT2D eigenvalue weighted by Crippen LogP contribution is 2.28. The third-order valence-corrected chi connectivity index (χ3v) is 3.70. The van der Waals surface area contributed by atoms with Gasteiger partial charge in [0.05, 0.1) is 5.02 Å². The summed E-state index contributed by atoms with van der Waals surface area (Å²) in [5, 5.41) is 0.850. The van der Waals surface area contributed by atoms with E-state index in [0.717, 1.165) is 28.5 Å². The molecule has 0 aromatic heterocycles. The first-order chi connectivity index (χ1) is 7.17. The highest BCUT2D eigenvalue weighted by atomic mass is 35.5. The van der Waals surface area contributed by atoms with Crippen LogP contribution in [0.15, 0.2) is 23.1 Å². The Morgan fingerprint density at radius 2 is 2.13 bits per heavy atom. The highest BCUT2D eigenvalue weighted by molar-refractivity contribution is 7.99. The van der Waals surface area contributed by atoms with E-state index < -0.39 is 0 Å². The second kappa shape index (κ2) is 6.41. The minimum atomic E-state index is 0.241. The molecule has 0 bridgehead atoms. The molecule has 1 unspecified atom stereocenters. The maximum absolute atomic E-state index is 6.17. The molecule has 0 radical (unpaired) electrons. The lowest BCUT2D eigenvalue weighted by atomic mass is 10.1. The lowest BCUT2D eigenvalue weighted by Gasteiger charge is -2.10. The highest BCUT2D eigenvalue weighted by Gasteiger charge is 2.05. The van der Waals surface area contributed by atoms with Gasteiger partial charge in [-0.2, -0.15) is 0 Å². The average Bonchev–Trinajstić information content (AvgIpc) is 2.22. The molecule has 1 rings (SSSR count). The molecule has 0 saturated carbocycles. The first-order valence-electron chi connectivity index (χ1n) is 5.34. The Morgan fingerprint density at radius 3 is 2.67 bits per heavy atom. The van der Waals surface area contributed by atoms with Gasteiger partial charge in [0, 0.05) is 10.9 Å². The van der Waals surface area contributed by atoms with Crippen LogP contribution in [0.3, 0.4) is 0 Å². The summed E-state index contributed by atoms with van der Waals surface area (Å²) in [6.07, 6.45) is 1.91. The van der Waals surface area contributed by atoms with Crippen molar-refractivity contribution in [1.82, 2.24) is 0 Å². The van der Waals surface area contributed by atoms with Crippen LogP contribution in [0, 0.1) is 0 Å². The van der Waals surface area contributed by atoms with Gasteiger partial charge >= 0.3 is 0 Å². The Kier molecular flexibility index (Phi) is 5.51. The fourth-order valence-electron chi connectivity index (χ4n) is 1.39. The lowest BCUT2D eigenvalue weighted by Crippen LogP contribution is -2.21. The van der Waals surface area contributed by atoms with Crippen LogP contribution in [-0.4, -0.2) is 11.8 Å². The van der Waals surface area contributed by atoms with Gasteiger partial charge in [0.2, 0.25) is 0 Å². The monoisotopic (exact) mass is 243 g/mol. The molecule has 0 aliphatic rings. The number of benzene rings is 1. The smallest absolute Gasteiger partial charge is 0.0544 e. The molecule has 1 nitrogen and oxygen atoms in total. The molecule has 0 aliphatic heterocycles. The minimum absolute atomic E-state index is 0.241. The maximum Gasteiger partial charge on any atom is 0.0544 e. The molecule has 1 aromatic rings. The van der Waals surface area contributed by atoms with Crippen LogP contribution in [0.2, 0.25) is 5.02 Å². The summed E-state index contributed by atoms with van der Waals surface area (Å²) < 4.78 is 0. The van der Waals surface area contributed by atoms with Crippen molar-refractivity contribution in [2.45, 2.75) is 37.6 Å². The van der Waals surface area contributed by atoms with Gasteiger partial charge in [-0.15, -0.1) is 11.8 Å². The third-order valence-electron chi connectivity index (χ3n) is 2.32. The quantitative estimate of drug-likeness (QED) is 0.798. The topological polar surface area (TPSA) is 26.0 Å². The van der Waals surface area contributed by atoms with E-state index in [1.54, 1.807) is 11.8 Å². The predicted octanol–water partition coefficient (Wildman–Crippen LogP) is 3.73. The number of rotatable bonds is 5. The van der Waals surface area contributed by atoms with Gasteiger partial charge in [-0.3, -0.25) is 0 Å². The number of halogens is 1. The van der Waals surface area contributed by atoms with E-state index in [1.165, 1.54) is 5.56 Å². The summed E-state index contributed by atoms with van der Waals surface area (Å²) in [6.45, 7) is 4.23. The van der Waals surface area contributed by atoms with Crippen molar-refractivity contribution in [3.05, 3.63) is 28.8 Å². The lowest BCUT2D eigenvalue weighted by molar-refractivity contribution is 0.646. The molecule has 1 atom stereocenters. The van der Waals surface area contributed by atoms with Gasteiger partial charge in [0.1, 0.15) is 0 Å². The summed E-state index contributed by atoms with van der Waals surface area (Å²) in [6, 6.07) is 6.49. The fourth-order valence-corrected chi connectivity index (χ4v) is 2.43. The van der Waals surface area contributed by atoms with Gasteiger partial charge < -0.3 is 5.73 Å². The number of thioether (sulfide) groups is 1. The van der Waals surface area contributed by atoms with Gasteiger partial charge in [-0.1, -0.05) is 31.5 Å². The Labute approximate surface area is 101 Å². The molecular weight excluding hydrogens is 226 g/mol. The minimum Gasteiger partial charge on any atom is -0.327 e. The molecule has 0 aliphatic carbocycles. The van der Waals surface area contributed by atoms with Crippen LogP contribution in [0.25, 0.3) is 0 Å². The Hall–Kier alpha value is -0.180. The molecule has 0 saturated heterocycles.